The summed E-state index contributed by atoms with van der Waals surface area (Å²) in [4.78, 5) is 0. The molecule has 0 amide bonds. The summed E-state index contributed by atoms with van der Waals surface area (Å²) in [5.74, 6) is 2.62. The van der Waals surface area contributed by atoms with Crippen LogP contribution < -0.4 is 0 Å². The summed E-state index contributed by atoms with van der Waals surface area (Å²) in [5.41, 5.74) is 0.454. The van der Waals surface area contributed by atoms with Crippen molar-refractivity contribution in [2.75, 3.05) is 0 Å². The third-order valence-corrected chi connectivity index (χ3v) is 3.83. The summed E-state index contributed by atoms with van der Waals surface area (Å²) in [7, 11) is 0. The van der Waals surface area contributed by atoms with Crippen LogP contribution in [0.2, 0.25) is 0 Å². The largest absolute Gasteiger partial charge is 0.103 e. The van der Waals surface area contributed by atoms with Crippen molar-refractivity contribution in [3.05, 3.63) is 12.7 Å². The molecule has 0 heterocycles. The first-order valence-corrected chi connectivity index (χ1v) is 4.71. The monoisotopic (exact) mass is 152 g/mol. The highest BCUT2D eigenvalue weighted by molar-refractivity contribution is 5.15. The minimum atomic E-state index is 0.454. The van der Waals surface area contributed by atoms with Crippen LogP contribution in [0.4, 0.5) is 0 Å². The summed E-state index contributed by atoms with van der Waals surface area (Å²) < 4.78 is 0. The predicted octanol–water partition coefficient (Wildman–Crippen LogP) is 3.49. The van der Waals surface area contributed by atoms with Gasteiger partial charge in [0.25, 0.3) is 0 Å². The van der Waals surface area contributed by atoms with Crippen LogP contribution in [0.25, 0.3) is 0 Å². The first-order chi connectivity index (χ1) is 5.07. The van der Waals surface area contributed by atoms with E-state index in [9.17, 15) is 0 Å². The van der Waals surface area contributed by atoms with Crippen LogP contribution in [-0.2, 0) is 0 Å². The molecular formula is C11H20. The predicted molar refractivity (Wildman–Crippen MR) is 50.4 cm³/mol. The van der Waals surface area contributed by atoms with E-state index < -0.39 is 0 Å². The molecule has 0 nitrogen and oxygen atoms in total. The van der Waals surface area contributed by atoms with Gasteiger partial charge in [-0.3, -0.25) is 0 Å². The molecule has 64 valence electrons. The second-order valence-corrected chi connectivity index (χ2v) is 4.27. The molecule has 1 rings (SSSR count). The minimum Gasteiger partial charge on any atom is -0.103 e. The highest BCUT2D eigenvalue weighted by Crippen LogP contribution is 2.62. The normalized spacial score (nSPS) is 45.1. The molecule has 1 saturated carbocycles. The van der Waals surface area contributed by atoms with Gasteiger partial charge in [-0.2, -0.15) is 0 Å². The van der Waals surface area contributed by atoms with Crippen molar-refractivity contribution in [2.24, 2.45) is 23.2 Å². The van der Waals surface area contributed by atoms with Crippen LogP contribution in [0.1, 0.15) is 34.1 Å². The molecule has 0 aromatic rings. The molecule has 0 heteroatoms. The molecule has 0 aromatic carbocycles. The molecule has 1 aliphatic carbocycles. The van der Waals surface area contributed by atoms with Gasteiger partial charge in [0.2, 0.25) is 0 Å². The summed E-state index contributed by atoms with van der Waals surface area (Å²) in [6, 6.07) is 0. The smallest absolute Gasteiger partial charge is 0.00869 e. The lowest BCUT2D eigenvalue weighted by Gasteiger charge is -2.09. The zero-order valence-electron chi connectivity index (χ0n) is 8.22. The standard InChI is InChI=1S/C11H20/c1-6-8(3)10-9(4)11(10,5)7-2/h7-10H,2,6H2,1,3-5H3. The SMILES string of the molecule is C=CC1(C)C(C)C1C(C)CC. The van der Waals surface area contributed by atoms with Crippen molar-refractivity contribution in [1.29, 1.82) is 0 Å². The Morgan fingerprint density at radius 2 is 2.18 bits per heavy atom. The number of allylic oxidation sites excluding steroid dienone is 1. The third kappa shape index (κ3) is 1.13. The van der Waals surface area contributed by atoms with E-state index in [1.807, 2.05) is 0 Å². The first kappa shape index (κ1) is 8.83. The van der Waals surface area contributed by atoms with Gasteiger partial charge in [-0.1, -0.05) is 40.2 Å². The molecule has 0 spiro atoms. The molecule has 0 aliphatic heterocycles. The maximum atomic E-state index is 3.91. The zero-order valence-corrected chi connectivity index (χ0v) is 8.22. The van der Waals surface area contributed by atoms with E-state index in [1.165, 1.54) is 6.42 Å². The summed E-state index contributed by atoms with van der Waals surface area (Å²) in [6.07, 6.45) is 3.45. The number of hydrogen-bond donors (Lipinski definition) is 0. The summed E-state index contributed by atoms with van der Waals surface area (Å²) in [6.45, 7) is 13.2. The van der Waals surface area contributed by atoms with Crippen LogP contribution in [0.5, 0.6) is 0 Å². The van der Waals surface area contributed by atoms with Crippen LogP contribution in [0.15, 0.2) is 12.7 Å². The lowest BCUT2D eigenvalue weighted by atomic mass is 9.96. The van der Waals surface area contributed by atoms with E-state index in [0.29, 0.717) is 5.41 Å². The molecular weight excluding hydrogens is 132 g/mol. The maximum Gasteiger partial charge on any atom is -0.00869 e. The Bertz CT molecular complexity index is 159. The van der Waals surface area contributed by atoms with Gasteiger partial charge in [-0.15, -0.1) is 6.58 Å². The zero-order chi connectivity index (χ0) is 8.65. The lowest BCUT2D eigenvalue weighted by Crippen LogP contribution is -2.01. The fourth-order valence-electron chi connectivity index (χ4n) is 2.48. The molecule has 1 fully saturated rings. The second-order valence-electron chi connectivity index (χ2n) is 4.27. The lowest BCUT2D eigenvalue weighted by molar-refractivity contribution is 0.431. The summed E-state index contributed by atoms with van der Waals surface area (Å²) in [5, 5.41) is 0. The first-order valence-electron chi connectivity index (χ1n) is 4.71. The van der Waals surface area contributed by atoms with E-state index in [1.54, 1.807) is 0 Å². The Balaban J connectivity index is 2.60. The van der Waals surface area contributed by atoms with E-state index in [4.69, 9.17) is 0 Å². The van der Waals surface area contributed by atoms with Crippen LogP contribution in [0.3, 0.4) is 0 Å². The molecule has 11 heavy (non-hydrogen) atoms. The van der Waals surface area contributed by atoms with Crippen molar-refractivity contribution in [1.82, 2.24) is 0 Å². The van der Waals surface area contributed by atoms with Gasteiger partial charge in [0.1, 0.15) is 0 Å². The highest BCUT2D eigenvalue weighted by atomic mass is 14.6. The van der Waals surface area contributed by atoms with Gasteiger partial charge in [0.05, 0.1) is 0 Å². The van der Waals surface area contributed by atoms with Gasteiger partial charge in [-0.25, -0.2) is 0 Å². The Hall–Kier alpha value is -0.260. The van der Waals surface area contributed by atoms with Crippen molar-refractivity contribution in [3.8, 4) is 0 Å². The summed E-state index contributed by atoms with van der Waals surface area (Å²) >= 11 is 0. The second kappa shape index (κ2) is 2.66. The Morgan fingerprint density at radius 1 is 1.64 bits per heavy atom. The Kier molecular flexibility index (Phi) is 2.13. The van der Waals surface area contributed by atoms with Crippen molar-refractivity contribution < 1.29 is 0 Å². The number of hydrogen-bond acceptors (Lipinski definition) is 0. The average Bonchev–Trinajstić information content (AvgIpc) is 2.55. The molecule has 0 N–H and O–H groups in total. The molecule has 0 radical (unpaired) electrons. The Labute approximate surface area is 70.7 Å². The van der Waals surface area contributed by atoms with Gasteiger partial charge in [0.15, 0.2) is 0 Å². The fourth-order valence-corrected chi connectivity index (χ4v) is 2.48. The maximum absolute atomic E-state index is 3.91. The van der Waals surface area contributed by atoms with Gasteiger partial charge < -0.3 is 0 Å². The van der Waals surface area contributed by atoms with Crippen LogP contribution in [-0.4, -0.2) is 0 Å². The molecule has 4 atom stereocenters. The van der Waals surface area contributed by atoms with Crippen LogP contribution >= 0.6 is 0 Å². The topological polar surface area (TPSA) is 0 Å². The number of rotatable bonds is 3. The van der Waals surface area contributed by atoms with Gasteiger partial charge in [0, 0.05) is 0 Å². The average molecular weight is 152 g/mol. The Morgan fingerprint density at radius 3 is 2.45 bits per heavy atom. The van der Waals surface area contributed by atoms with E-state index in [2.05, 4.69) is 40.3 Å². The van der Waals surface area contributed by atoms with Gasteiger partial charge in [-0.05, 0) is 23.2 Å². The highest BCUT2D eigenvalue weighted by Gasteiger charge is 2.57. The molecule has 0 aromatic heterocycles. The van der Waals surface area contributed by atoms with Crippen molar-refractivity contribution in [2.45, 2.75) is 34.1 Å². The third-order valence-electron chi connectivity index (χ3n) is 3.83. The molecule has 0 saturated heterocycles. The van der Waals surface area contributed by atoms with E-state index in [-0.39, 0.29) is 0 Å². The molecule has 0 bridgehead atoms. The van der Waals surface area contributed by atoms with E-state index in [0.717, 1.165) is 17.8 Å². The fraction of sp³-hybridized carbons (Fsp3) is 0.818. The quantitative estimate of drug-likeness (QED) is 0.543. The molecule has 4 unspecified atom stereocenters. The minimum absolute atomic E-state index is 0.454. The van der Waals surface area contributed by atoms with Crippen molar-refractivity contribution in [3.63, 3.8) is 0 Å². The van der Waals surface area contributed by atoms with Gasteiger partial charge >= 0.3 is 0 Å². The van der Waals surface area contributed by atoms with E-state index >= 15 is 0 Å². The molecule has 1 aliphatic rings. The van der Waals surface area contributed by atoms with Crippen molar-refractivity contribution >= 4 is 0 Å². The van der Waals surface area contributed by atoms with Crippen LogP contribution in [0, 0.1) is 23.2 Å².